The lowest BCUT2D eigenvalue weighted by molar-refractivity contribution is 0.256. The summed E-state index contributed by atoms with van der Waals surface area (Å²) in [6.45, 7) is 4.59. The molecule has 0 aliphatic heterocycles. The third-order valence-electron chi connectivity index (χ3n) is 6.86. The Morgan fingerprint density at radius 3 is 2.18 bits per heavy atom. The topological polar surface area (TPSA) is 52.0 Å². The highest BCUT2D eigenvalue weighted by Crippen LogP contribution is 2.53. The Morgan fingerprint density at radius 1 is 1.05 bits per heavy atom. The number of hydrogen-bond donors (Lipinski definition) is 2. The van der Waals surface area contributed by atoms with Crippen LogP contribution < -0.4 is 11.5 Å². The molecular weight excluding hydrogens is 268 g/mol. The normalized spacial score (nSPS) is 34.5. The standard InChI is InChI=1S/C20H34N2/c1-3-14-13-20(4-2,16-11-7-8-12-16)19(22)17(18(14)21)15-9-5-6-10-15/h13,15-16,18H,3-12,21-22H2,1-2H3. The molecule has 3 aliphatic rings. The predicted molar refractivity (Wildman–Crippen MR) is 94.2 cm³/mol. The molecule has 3 aliphatic carbocycles. The van der Waals surface area contributed by atoms with Crippen LogP contribution >= 0.6 is 0 Å². The Hall–Kier alpha value is -0.760. The van der Waals surface area contributed by atoms with Gasteiger partial charge >= 0.3 is 0 Å². The van der Waals surface area contributed by atoms with E-state index in [-0.39, 0.29) is 11.5 Å². The van der Waals surface area contributed by atoms with E-state index in [1.54, 1.807) is 0 Å². The average Bonchev–Trinajstić information content (AvgIpc) is 3.22. The van der Waals surface area contributed by atoms with Gasteiger partial charge in [0, 0.05) is 17.2 Å². The fourth-order valence-electron chi connectivity index (χ4n) is 5.53. The van der Waals surface area contributed by atoms with Crippen molar-refractivity contribution in [2.24, 2.45) is 28.7 Å². The fourth-order valence-corrected chi connectivity index (χ4v) is 5.53. The lowest BCUT2D eigenvalue weighted by atomic mass is 9.62. The smallest absolute Gasteiger partial charge is 0.0493 e. The molecule has 2 heteroatoms. The van der Waals surface area contributed by atoms with E-state index in [9.17, 15) is 0 Å². The molecule has 0 aromatic rings. The van der Waals surface area contributed by atoms with E-state index in [2.05, 4.69) is 19.9 Å². The predicted octanol–water partition coefficient (Wildman–Crippen LogP) is 4.65. The Morgan fingerprint density at radius 2 is 1.64 bits per heavy atom. The number of hydrogen-bond acceptors (Lipinski definition) is 2. The number of allylic oxidation sites excluding steroid dienone is 1. The molecule has 4 N–H and O–H groups in total. The highest BCUT2D eigenvalue weighted by molar-refractivity contribution is 5.43. The SMILES string of the molecule is CCC1=CC(CC)(C2CCCC2)C(N)=C(C2CCCC2)C1N. The molecule has 0 radical (unpaired) electrons. The molecule has 0 heterocycles. The third-order valence-corrected chi connectivity index (χ3v) is 6.86. The number of nitrogens with two attached hydrogens (primary N) is 2. The Labute approximate surface area is 136 Å². The first kappa shape index (κ1) is 16.1. The first-order valence-electron chi connectivity index (χ1n) is 9.61. The molecule has 2 atom stereocenters. The van der Waals surface area contributed by atoms with Crippen molar-refractivity contribution in [2.45, 2.75) is 84.1 Å². The molecule has 0 bridgehead atoms. The summed E-state index contributed by atoms with van der Waals surface area (Å²) >= 11 is 0. The third kappa shape index (κ3) is 2.44. The summed E-state index contributed by atoms with van der Waals surface area (Å²) in [6.07, 6.45) is 15.4. The van der Waals surface area contributed by atoms with Gasteiger partial charge < -0.3 is 11.5 Å². The van der Waals surface area contributed by atoms with Crippen LogP contribution in [-0.2, 0) is 0 Å². The second-order valence-corrected chi connectivity index (χ2v) is 7.78. The molecule has 2 unspecified atom stereocenters. The minimum Gasteiger partial charge on any atom is -0.401 e. The van der Waals surface area contributed by atoms with Gasteiger partial charge in [-0.05, 0) is 55.9 Å². The van der Waals surface area contributed by atoms with Crippen molar-refractivity contribution in [3.8, 4) is 0 Å². The van der Waals surface area contributed by atoms with E-state index in [0.29, 0.717) is 5.92 Å². The van der Waals surface area contributed by atoms with Gasteiger partial charge in [0.05, 0.1) is 0 Å². The molecule has 3 rings (SSSR count). The zero-order valence-electron chi connectivity index (χ0n) is 14.5. The van der Waals surface area contributed by atoms with Crippen LogP contribution in [0, 0.1) is 17.3 Å². The summed E-state index contributed by atoms with van der Waals surface area (Å²) < 4.78 is 0. The summed E-state index contributed by atoms with van der Waals surface area (Å²) in [5.74, 6) is 1.39. The second-order valence-electron chi connectivity index (χ2n) is 7.78. The molecule has 22 heavy (non-hydrogen) atoms. The minimum atomic E-state index is 0.0918. The monoisotopic (exact) mass is 302 g/mol. The van der Waals surface area contributed by atoms with E-state index >= 15 is 0 Å². The van der Waals surface area contributed by atoms with E-state index in [1.165, 1.54) is 68.2 Å². The maximum absolute atomic E-state index is 6.89. The van der Waals surface area contributed by atoms with E-state index in [1.807, 2.05) is 0 Å². The van der Waals surface area contributed by atoms with Crippen molar-refractivity contribution in [3.63, 3.8) is 0 Å². The Balaban J connectivity index is 2.06. The molecule has 0 saturated heterocycles. The van der Waals surface area contributed by atoms with Gasteiger partial charge in [-0.1, -0.05) is 51.2 Å². The first-order valence-corrected chi connectivity index (χ1v) is 9.61. The van der Waals surface area contributed by atoms with E-state index in [4.69, 9.17) is 11.5 Å². The molecule has 124 valence electrons. The van der Waals surface area contributed by atoms with Crippen molar-refractivity contribution in [1.82, 2.24) is 0 Å². The van der Waals surface area contributed by atoms with Gasteiger partial charge in [0.25, 0.3) is 0 Å². The van der Waals surface area contributed by atoms with Gasteiger partial charge in [-0.25, -0.2) is 0 Å². The fraction of sp³-hybridized carbons (Fsp3) is 0.800. The summed E-state index contributed by atoms with van der Waals surface area (Å²) in [5, 5.41) is 0. The highest BCUT2D eigenvalue weighted by atomic mass is 14.8. The number of rotatable bonds is 4. The molecule has 2 fully saturated rings. The van der Waals surface area contributed by atoms with Gasteiger partial charge in [0.2, 0.25) is 0 Å². The van der Waals surface area contributed by atoms with Crippen molar-refractivity contribution < 1.29 is 0 Å². The molecule has 2 saturated carbocycles. The van der Waals surface area contributed by atoms with E-state index < -0.39 is 0 Å². The summed E-state index contributed by atoms with van der Waals surface area (Å²) in [4.78, 5) is 0. The lowest BCUT2D eigenvalue weighted by Crippen LogP contribution is -2.44. The largest absolute Gasteiger partial charge is 0.401 e. The van der Waals surface area contributed by atoms with Crippen LogP contribution in [0.2, 0.25) is 0 Å². The van der Waals surface area contributed by atoms with Crippen LogP contribution in [0.25, 0.3) is 0 Å². The van der Waals surface area contributed by atoms with Gasteiger partial charge in [-0.15, -0.1) is 0 Å². The van der Waals surface area contributed by atoms with Crippen molar-refractivity contribution in [1.29, 1.82) is 0 Å². The maximum Gasteiger partial charge on any atom is 0.0493 e. The van der Waals surface area contributed by atoms with Crippen LogP contribution in [0.5, 0.6) is 0 Å². The van der Waals surface area contributed by atoms with Gasteiger partial charge in [0.15, 0.2) is 0 Å². The molecule has 0 aromatic carbocycles. The zero-order chi connectivity index (χ0) is 15.7. The second kappa shape index (κ2) is 6.39. The summed E-state index contributed by atoms with van der Waals surface area (Å²) in [6, 6.07) is 0.0918. The first-order chi connectivity index (χ1) is 10.6. The van der Waals surface area contributed by atoms with Gasteiger partial charge in [-0.2, -0.15) is 0 Å². The molecule has 0 spiro atoms. The average molecular weight is 303 g/mol. The van der Waals surface area contributed by atoms with Crippen LogP contribution in [-0.4, -0.2) is 6.04 Å². The Kier molecular flexibility index (Phi) is 4.68. The van der Waals surface area contributed by atoms with Gasteiger partial charge in [0.1, 0.15) is 0 Å². The highest BCUT2D eigenvalue weighted by Gasteiger charge is 2.45. The van der Waals surface area contributed by atoms with Crippen LogP contribution in [0.3, 0.4) is 0 Å². The van der Waals surface area contributed by atoms with E-state index in [0.717, 1.165) is 18.8 Å². The van der Waals surface area contributed by atoms with Crippen LogP contribution in [0.15, 0.2) is 22.9 Å². The molecule has 0 amide bonds. The van der Waals surface area contributed by atoms with Gasteiger partial charge in [-0.3, -0.25) is 0 Å². The molecule has 2 nitrogen and oxygen atoms in total. The molecular formula is C20H34N2. The summed E-state index contributed by atoms with van der Waals surface area (Å²) in [5.41, 5.74) is 17.7. The molecule has 0 aromatic heterocycles. The van der Waals surface area contributed by atoms with Crippen molar-refractivity contribution in [2.75, 3.05) is 0 Å². The zero-order valence-corrected chi connectivity index (χ0v) is 14.5. The quantitative estimate of drug-likeness (QED) is 0.742. The summed E-state index contributed by atoms with van der Waals surface area (Å²) in [7, 11) is 0. The maximum atomic E-state index is 6.89. The Bertz CT molecular complexity index is 464. The van der Waals surface area contributed by atoms with Crippen molar-refractivity contribution >= 4 is 0 Å². The van der Waals surface area contributed by atoms with Crippen LogP contribution in [0.4, 0.5) is 0 Å². The minimum absolute atomic E-state index is 0.0918. The lowest BCUT2D eigenvalue weighted by Gasteiger charge is -2.45. The van der Waals surface area contributed by atoms with Crippen molar-refractivity contribution in [3.05, 3.63) is 22.9 Å². The van der Waals surface area contributed by atoms with Crippen LogP contribution in [0.1, 0.15) is 78.1 Å².